The predicted octanol–water partition coefficient (Wildman–Crippen LogP) is 4.50. The fraction of sp³-hybridized carbons (Fsp3) is 0.318. The van der Waals surface area contributed by atoms with Crippen LogP contribution in [0.25, 0.3) is 0 Å². The van der Waals surface area contributed by atoms with Gasteiger partial charge in [0, 0.05) is 13.0 Å². The van der Waals surface area contributed by atoms with Gasteiger partial charge in [-0.1, -0.05) is 36.4 Å². The van der Waals surface area contributed by atoms with Crippen LogP contribution in [0.15, 0.2) is 52.9 Å². The van der Waals surface area contributed by atoms with Crippen LogP contribution in [-0.2, 0) is 26.6 Å². The van der Waals surface area contributed by atoms with E-state index in [1.54, 1.807) is 13.8 Å². The molecule has 0 unspecified atom stereocenters. The molecule has 0 saturated heterocycles. The highest BCUT2D eigenvalue weighted by Gasteiger charge is 2.35. The fourth-order valence-corrected chi connectivity index (χ4v) is 4.84. The molecule has 0 atom stereocenters. The first-order valence-electron chi connectivity index (χ1n) is 10.2. The zero-order chi connectivity index (χ0) is 21.7. The monoisotopic (exact) mass is 444 g/mol. The van der Waals surface area contributed by atoms with Crippen LogP contribution in [0.2, 0.25) is 0 Å². The van der Waals surface area contributed by atoms with Gasteiger partial charge in [-0.3, -0.25) is 4.57 Å². The molecule has 4 rings (SSSR count). The number of rotatable bonds is 10. The summed E-state index contributed by atoms with van der Waals surface area (Å²) in [6, 6.07) is 15.5. The van der Waals surface area contributed by atoms with Crippen molar-refractivity contribution in [2.75, 3.05) is 25.3 Å². The van der Waals surface area contributed by atoms with Gasteiger partial charge in [0.2, 0.25) is 24.0 Å². The summed E-state index contributed by atoms with van der Waals surface area (Å²) in [4.78, 5) is 4.50. The Labute approximate surface area is 181 Å². The first-order chi connectivity index (χ1) is 15.1. The van der Waals surface area contributed by atoms with E-state index in [1.807, 2.05) is 48.5 Å². The van der Waals surface area contributed by atoms with Gasteiger partial charge < -0.3 is 28.3 Å². The highest BCUT2D eigenvalue weighted by molar-refractivity contribution is 7.62. The summed E-state index contributed by atoms with van der Waals surface area (Å²) in [5.41, 5.74) is 2.13. The van der Waals surface area contributed by atoms with E-state index in [4.69, 9.17) is 22.9 Å². The van der Waals surface area contributed by atoms with Crippen molar-refractivity contribution in [2.45, 2.75) is 26.8 Å². The maximum Gasteiger partial charge on any atom is 0.385 e. The normalized spacial score (nSPS) is 12.8. The van der Waals surface area contributed by atoms with Crippen molar-refractivity contribution < 1.29 is 27.5 Å². The second-order valence-electron chi connectivity index (χ2n) is 6.80. The molecule has 0 aliphatic carbocycles. The zero-order valence-electron chi connectivity index (χ0n) is 17.5. The van der Waals surface area contributed by atoms with E-state index in [2.05, 4.69) is 10.3 Å². The number of hydrogen-bond donors (Lipinski definition) is 1. The maximum atomic E-state index is 13.4. The van der Waals surface area contributed by atoms with Gasteiger partial charge in [-0.15, -0.1) is 0 Å². The van der Waals surface area contributed by atoms with Crippen molar-refractivity contribution in [3.8, 4) is 11.5 Å². The fourth-order valence-electron chi connectivity index (χ4n) is 3.23. The number of ether oxygens (including phenoxy) is 2. The van der Waals surface area contributed by atoms with Gasteiger partial charge >= 0.3 is 7.60 Å². The van der Waals surface area contributed by atoms with Crippen molar-refractivity contribution >= 4 is 18.9 Å². The third kappa shape index (κ3) is 4.93. The summed E-state index contributed by atoms with van der Waals surface area (Å²) in [5, 5.41) is 3.19. The summed E-state index contributed by atoms with van der Waals surface area (Å²) in [6.45, 7) is 4.58. The molecule has 9 heteroatoms. The molecule has 164 valence electrons. The van der Waals surface area contributed by atoms with E-state index >= 15 is 0 Å². The summed E-state index contributed by atoms with van der Waals surface area (Å²) in [6.07, 6.45) is 0.456. The Hall–Kier alpha value is -2.80. The number of anilines is 1. The van der Waals surface area contributed by atoms with E-state index in [-0.39, 0.29) is 31.3 Å². The summed E-state index contributed by atoms with van der Waals surface area (Å²) >= 11 is 0. The molecule has 31 heavy (non-hydrogen) atoms. The van der Waals surface area contributed by atoms with E-state index in [0.29, 0.717) is 30.4 Å². The minimum absolute atomic E-state index is 0.155. The summed E-state index contributed by atoms with van der Waals surface area (Å²) in [7, 11) is -3.64. The molecule has 2 heterocycles. The van der Waals surface area contributed by atoms with Crippen LogP contribution in [0.4, 0.5) is 5.88 Å². The van der Waals surface area contributed by atoms with Crippen LogP contribution in [0, 0.1) is 0 Å². The molecule has 1 N–H and O–H groups in total. The van der Waals surface area contributed by atoms with Crippen molar-refractivity contribution in [1.82, 2.24) is 4.98 Å². The molecule has 0 amide bonds. The lowest BCUT2D eigenvalue weighted by molar-refractivity contribution is 0.174. The molecule has 0 saturated carbocycles. The number of fused-ring (bicyclic) bond motifs is 1. The van der Waals surface area contributed by atoms with Crippen LogP contribution in [0.1, 0.15) is 30.9 Å². The van der Waals surface area contributed by atoms with Gasteiger partial charge in [0.05, 0.1) is 13.2 Å². The number of oxazole rings is 1. The summed E-state index contributed by atoms with van der Waals surface area (Å²) < 4.78 is 41.2. The molecule has 0 radical (unpaired) electrons. The zero-order valence-corrected chi connectivity index (χ0v) is 18.4. The average molecular weight is 444 g/mol. The molecular formula is C22H25N2O6P. The van der Waals surface area contributed by atoms with Gasteiger partial charge in [0.25, 0.3) is 0 Å². The Kier molecular flexibility index (Phi) is 6.61. The van der Waals surface area contributed by atoms with Crippen molar-refractivity contribution in [3.63, 3.8) is 0 Å². The minimum Gasteiger partial charge on any atom is -0.454 e. The highest BCUT2D eigenvalue weighted by atomic mass is 31.2. The van der Waals surface area contributed by atoms with Crippen LogP contribution in [-0.4, -0.2) is 25.0 Å². The SMILES string of the molecule is CCOP(=O)(OCC)c1nc(Cc2ccccc2)oc1NCc1ccc2c(c1)OCO2. The van der Waals surface area contributed by atoms with E-state index in [0.717, 1.165) is 11.1 Å². The Morgan fingerprint density at radius 1 is 1.00 bits per heavy atom. The van der Waals surface area contributed by atoms with Crippen molar-refractivity contribution in [3.05, 3.63) is 65.5 Å². The molecule has 0 bridgehead atoms. The van der Waals surface area contributed by atoms with E-state index in [1.165, 1.54) is 0 Å². The second-order valence-corrected chi connectivity index (χ2v) is 8.73. The smallest absolute Gasteiger partial charge is 0.385 e. The summed E-state index contributed by atoms with van der Waals surface area (Å²) in [5.74, 6) is 2.10. The van der Waals surface area contributed by atoms with Crippen LogP contribution >= 0.6 is 7.60 Å². The van der Waals surface area contributed by atoms with Crippen molar-refractivity contribution in [2.24, 2.45) is 0 Å². The molecular weight excluding hydrogens is 419 g/mol. The van der Waals surface area contributed by atoms with Gasteiger partial charge in [0.1, 0.15) is 0 Å². The van der Waals surface area contributed by atoms with Gasteiger partial charge in [-0.05, 0) is 37.1 Å². The van der Waals surface area contributed by atoms with Crippen LogP contribution in [0.3, 0.4) is 0 Å². The first-order valence-corrected chi connectivity index (χ1v) is 11.7. The van der Waals surface area contributed by atoms with Gasteiger partial charge in [0.15, 0.2) is 11.5 Å². The molecule has 2 aromatic carbocycles. The number of benzene rings is 2. The quantitative estimate of drug-likeness (QED) is 0.457. The Balaban J connectivity index is 1.61. The average Bonchev–Trinajstić information content (AvgIpc) is 3.40. The number of nitrogens with one attached hydrogen (secondary N) is 1. The third-order valence-corrected chi connectivity index (χ3v) is 6.62. The largest absolute Gasteiger partial charge is 0.454 e. The molecule has 0 spiro atoms. The minimum atomic E-state index is -3.64. The Morgan fingerprint density at radius 2 is 1.74 bits per heavy atom. The molecule has 1 aliphatic rings. The molecule has 1 aromatic heterocycles. The Bertz CT molecular complexity index is 1060. The third-order valence-electron chi connectivity index (χ3n) is 4.60. The lowest BCUT2D eigenvalue weighted by atomic mass is 10.2. The maximum absolute atomic E-state index is 13.4. The van der Waals surface area contributed by atoms with Gasteiger partial charge in [-0.2, -0.15) is 0 Å². The number of nitrogens with zero attached hydrogens (tertiary/aromatic N) is 1. The lowest BCUT2D eigenvalue weighted by Gasteiger charge is -2.15. The lowest BCUT2D eigenvalue weighted by Crippen LogP contribution is -2.16. The molecule has 8 nitrogen and oxygen atoms in total. The first kappa shape index (κ1) is 21.4. The van der Waals surface area contributed by atoms with Crippen LogP contribution in [0.5, 0.6) is 11.5 Å². The topological polar surface area (TPSA) is 92.1 Å². The number of aromatic nitrogens is 1. The van der Waals surface area contributed by atoms with E-state index < -0.39 is 7.60 Å². The molecule has 3 aromatic rings. The van der Waals surface area contributed by atoms with Gasteiger partial charge in [-0.25, -0.2) is 4.98 Å². The van der Waals surface area contributed by atoms with Crippen molar-refractivity contribution in [1.29, 1.82) is 0 Å². The predicted molar refractivity (Wildman–Crippen MR) is 116 cm³/mol. The Morgan fingerprint density at radius 3 is 2.48 bits per heavy atom. The molecule has 1 aliphatic heterocycles. The van der Waals surface area contributed by atoms with E-state index in [9.17, 15) is 4.57 Å². The highest BCUT2D eigenvalue weighted by Crippen LogP contribution is 2.48. The van der Waals surface area contributed by atoms with Crippen LogP contribution < -0.4 is 20.2 Å². The second kappa shape index (κ2) is 9.56. The standard InChI is InChI=1S/C22H25N2O6P/c1-3-28-31(25,29-4-2)22-21(30-20(24-22)13-16-8-6-5-7-9-16)23-14-17-10-11-18-19(12-17)27-15-26-18/h5-12,23H,3-4,13-15H2,1-2H3. The molecule has 0 fully saturated rings. The number of hydrogen-bond acceptors (Lipinski definition) is 8.